The Bertz CT molecular complexity index is 327. The first-order valence-electron chi connectivity index (χ1n) is 6.80. The lowest BCUT2D eigenvalue weighted by molar-refractivity contribution is -0.148. The molecule has 18 heavy (non-hydrogen) atoms. The third-order valence-corrected chi connectivity index (χ3v) is 3.89. The summed E-state index contributed by atoms with van der Waals surface area (Å²) in [7, 11) is 0. The van der Waals surface area contributed by atoms with Crippen LogP contribution < -0.4 is 11.1 Å². The Morgan fingerprint density at radius 2 is 1.89 bits per heavy atom. The number of carbonyl (C=O) groups excluding carboxylic acids is 2. The summed E-state index contributed by atoms with van der Waals surface area (Å²) in [5.41, 5.74) is 4.97. The first-order valence-corrected chi connectivity index (χ1v) is 6.80. The van der Waals surface area contributed by atoms with Crippen molar-refractivity contribution >= 4 is 11.8 Å². The number of rotatable bonds is 5. The van der Waals surface area contributed by atoms with Crippen LogP contribution in [0.4, 0.5) is 0 Å². The van der Waals surface area contributed by atoms with Crippen LogP contribution in [-0.2, 0) is 9.59 Å². The van der Waals surface area contributed by atoms with Crippen molar-refractivity contribution in [2.45, 2.75) is 53.4 Å². The van der Waals surface area contributed by atoms with E-state index >= 15 is 0 Å². The van der Waals surface area contributed by atoms with Crippen molar-refractivity contribution in [3.05, 3.63) is 0 Å². The van der Waals surface area contributed by atoms with Crippen molar-refractivity contribution in [1.29, 1.82) is 0 Å². The van der Waals surface area contributed by atoms with Gasteiger partial charge in [0.2, 0.25) is 11.8 Å². The number of nitrogens with two attached hydrogens (primary N) is 1. The number of hydrogen-bond donors (Lipinski definition) is 2. The molecule has 1 rings (SSSR count). The molecule has 0 spiro atoms. The predicted octanol–water partition coefficient (Wildman–Crippen LogP) is 1.83. The second-order valence-electron chi connectivity index (χ2n) is 6.59. The molecule has 3 N–H and O–H groups in total. The first kappa shape index (κ1) is 15.0. The summed E-state index contributed by atoms with van der Waals surface area (Å²) in [5, 5.41) is 2.85. The van der Waals surface area contributed by atoms with E-state index in [0.29, 0.717) is 13.0 Å². The summed E-state index contributed by atoms with van der Waals surface area (Å²) >= 11 is 0. The van der Waals surface area contributed by atoms with Crippen LogP contribution in [0.1, 0.15) is 53.4 Å². The highest BCUT2D eigenvalue weighted by Crippen LogP contribution is 2.50. The van der Waals surface area contributed by atoms with Gasteiger partial charge in [-0.05, 0) is 31.6 Å². The van der Waals surface area contributed by atoms with Crippen LogP contribution in [-0.4, -0.2) is 18.4 Å². The number of hydrogen-bond acceptors (Lipinski definition) is 2. The van der Waals surface area contributed by atoms with E-state index in [0.717, 1.165) is 19.3 Å². The SMILES string of the molecule is CCNC(=O)C(CC(C)(C)C)C1(C(N)=O)CCC1. The Hall–Kier alpha value is -1.06. The Balaban J connectivity index is 2.96. The monoisotopic (exact) mass is 254 g/mol. The maximum absolute atomic E-state index is 12.2. The summed E-state index contributed by atoms with van der Waals surface area (Å²) in [6, 6.07) is 0. The molecule has 2 amide bonds. The van der Waals surface area contributed by atoms with Gasteiger partial charge in [-0.2, -0.15) is 0 Å². The van der Waals surface area contributed by atoms with Crippen molar-refractivity contribution < 1.29 is 9.59 Å². The molecular formula is C14H26N2O2. The quantitative estimate of drug-likeness (QED) is 0.785. The highest BCUT2D eigenvalue weighted by atomic mass is 16.2. The molecule has 4 heteroatoms. The van der Waals surface area contributed by atoms with Crippen molar-refractivity contribution in [2.75, 3.05) is 6.54 Å². The largest absolute Gasteiger partial charge is 0.369 e. The van der Waals surface area contributed by atoms with Crippen LogP contribution in [0, 0.1) is 16.7 Å². The van der Waals surface area contributed by atoms with E-state index in [1.807, 2.05) is 6.92 Å². The third-order valence-electron chi connectivity index (χ3n) is 3.89. The molecule has 1 aliphatic carbocycles. The van der Waals surface area contributed by atoms with Gasteiger partial charge in [-0.15, -0.1) is 0 Å². The maximum Gasteiger partial charge on any atom is 0.224 e. The fraction of sp³-hybridized carbons (Fsp3) is 0.857. The average molecular weight is 254 g/mol. The van der Waals surface area contributed by atoms with E-state index in [1.54, 1.807) is 0 Å². The van der Waals surface area contributed by atoms with Gasteiger partial charge in [0.05, 0.1) is 11.3 Å². The fourth-order valence-electron chi connectivity index (χ4n) is 2.77. The smallest absolute Gasteiger partial charge is 0.224 e. The number of carbonyl (C=O) groups is 2. The zero-order valence-electron chi connectivity index (χ0n) is 12.0. The molecule has 104 valence electrons. The molecule has 0 aliphatic heterocycles. The van der Waals surface area contributed by atoms with Crippen molar-refractivity contribution in [1.82, 2.24) is 5.32 Å². The van der Waals surface area contributed by atoms with E-state index in [1.165, 1.54) is 0 Å². The van der Waals surface area contributed by atoms with Gasteiger partial charge in [-0.25, -0.2) is 0 Å². The molecule has 1 unspecified atom stereocenters. The molecule has 0 radical (unpaired) electrons. The number of amides is 2. The summed E-state index contributed by atoms with van der Waals surface area (Å²) in [6.45, 7) is 8.75. The van der Waals surface area contributed by atoms with E-state index in [4.69, 9.17) is 5.73 Å². The highest BCUT2D eigenvalue weighted by Gasteiger charge is 2.52. The van der Waals surface area contributed by atoms with Gasteiger partial charge >= 0.3 is 0 Å². The first-order chi connectivity index (χ1) is 8.23. The minimum Gasteiger partial charge on any atom is -0.369 e. The van der Waals surface area contributed by atoms with Gasteiger partial charge in [0.25, 0.3) is 0 Å². The standard InChI is InChI=1S/C14H26N2O2/c1-5-16-11(17)10(9-13(2,3)4)14(12(15)18)7-6-8-14/h10H,5-9H2,1-4H3,(H2,15,18)(H,16,17). The summed E-state index contributed by atoms with van der Waals surface area (Å²) in [4.78, 5) is 24.0. The molecule has 0 heterocycles. The fourth-order valence-corrected chi connectivity index (χ4v) is 2.77. The lowest BCUT2D eigenvalue weighted by Gasteiger charge is -2.46. The highest BCUT2D eigenvalue weighted by molar-refractivity contribution is 5.90. The van der Waals surface area contributed by atoms with Crippen LogP contribution in [0.25, 0.3) is 0 Å². The molecule has 1 aliphatic rings. The number of nitrogens with one attached hydrogen (secondary N) is 1. The van der Waals surface area contributed by atoms with E-state index in [2.05, 4.69) is 26.1 Å². The van der Waals surface area contributed by atoms with Crippen LogP contribution >= 0.6 is 0 Å². The van der Waals surface area contributed by atoms with Gasteiger partial charge < -0.3 is 11.1 Å². The van der Waals surface area contributed by atoms with E-state index in [9.17, 15) is 9.59 Å². The van der Waals surface area contributed by atoms with E-state index in [-0.39, 0.29) is 23.1 Å². The summed E-state index contributed by atoms with van der Waals surface area (Å²) < 4.78 is 0. The predicted molar refractivity (Wildman–Crippen MR) is 71.7 cm³/mol. The minimum absolute atomic E-state index is 0.00773. The van der Waals surface area contributed by atoms with Crippen LogP contribution in [0.3, 0.4) is 0 Å². The lowest BCUT2D eigenvalue weighted by Crippen LogP contribution is -2.54. The Labute approximate surface area is 110 Å². The molecular weight excluding hydrogens is 228 g/mol. The van der Waals surface area contributed by atoms with Crippen LogP contribution in [0.2, 0.25) is 0 Å². The molecule has 0 bridgehead atoms. The Morgan fingerprint density at radius 3 is 2.17 bits per heavy atom. The van der Waals surface area contributed by atoms with Gasteiger partial charge in [0, 0.05) is 6.54 Å². The minimum atomic E-state index is -0.605. The molecule has 1 fully saturated rings. The number of primary amides is 1. The molecule has 1 saturated carbocycles. The summed E-state index contributed by atoms with van der Waals surface area (Å²) in [5.74, 6) is -0.621. The molecule has 0 aromatic carbocycles. The third kappa shape index (κ3) is 3.03. The molecule has 4 nitrogen and oxygen atoms in total. The molecule has 0 saturated heterocycles. The van der Waals surface area contributed by atoms with Gasteiger partial charge in [0.15, 0.2) is 0 Å². The van der Waals surface area contributed by atoms with E-state index < -0.39 is 5.41 Å². The second-order valence-corrected chi connectivity index (χ2v) is 6.59. The Kier molecular flexibility index (Phi) is 4.41. The molecule has 0 aromatic heterocycles. The molecule has 0 aromatic rings. The van der Waals surface area contributed by atoms with Crippen molar-refractivity contribution in [3.63, 3.8) is 0 Å². The summed E-state index contributed by atoms with van der Waals surface area (Å²) in [6.07, 6.45) is 3.19. The van der Waals surface area contributed by atoms with Crippen molar-refractivity contribution in [2.24, 2.45) is 22.5 Å². The average Bonchev–Trinajstić information content (AvgIpc) is 2.12. The molecule has 1 atom stereocenters. The van der Waals surface area contributed by atoms with Gasteiger partial charge in [-0.1, -0.05) is 27.2 Å². The topological polar surface area (TPSA) is 72.2 Å². The van der Waals surface area contributed by atoms with Gasteiger partial charge in [0.1, 0.15) is 0 Å². The zero-order valence-corrected chi connectivity index (χ0v) is 12.0. The van der Waals surface area contributed by atoms with Crippen LogP contribution in [0.15, 0.2) is 0 Å². The lowest BCUT2D eigenvalue weighted by atomic mass is 9.57. The normalized spacial score (nSPS) is 19.8. The second kappa shape index (κ2) is 5.29. The maximum atomic E-state index is 12.2. The zero-order chi connectivity index (χ0) is 14.0. The Morgan fingerprint density at radius 1 is 1.33 bits per heavy atom. The van der Waals surface area contributed by atoms with Crippen LogP contribution in [0.5, 0.6) is 0 Å². The van der Waals surface area contributed by atoms with Gasteiger partial charge in [-0.3, -0.25) is 9.59 Å². The van der Waals surface area contributed by atoms with Crippen molar-refractivity contribution in [3.8, 4) is 0 Å².